The van der Waals surface area contributed by atoms with Crippen LogP contribution in [0, 0.1) is 22.7 Å². The van der Waals surface area contributed by atoms with Crippen molar-refractivity contribution in [2.45, 2.75) is 65.8 Å². The summed E-state index contributed by atoms with van der Waals surface area (Å²) in [7, 11) is 0. The number of hydrogen-bond acceptors (Lipinski definition) is 2. The highest BCUT2D eigenvalue weighted by atomic mass is 15.0. The molecule has 0 atom stereocenters. The van der Waals surface area contributed by atoms with Gasteiger partial charge in [0.15, 0.2) is 0 Å². The first kappa shape index (κ1) is 37.9. The van der Waals surface area contributed by atoms with Gasteiger partial charge in [-0.05, 0) is 100 Å². The number of para-hydroxylation sites is 2. The van der Waals surface area contributed by atoms with E-state index in [0.717, 1.165) is 71.1 Å². The van der Waals surface area contributed by atoms with Gasteiger partial charge < -0.3 is 13.7 Å². The number of allylic oxidation sites excluding steroid dienone is 4. The molecule has 0 aliphatic carbocycles. The number of hydrogen-bond donors (Lipinski definition) is 0. The lowest BCUT2D eigenvalue weighted by Gasteiger charge is -2.19. The van der Waals surface area contributed by atoms with Gasteiger partial charge in [0.25, 0.3) is 0 Å². The summed E-state index contributed by atoms with van der Waals surface area (Å²) in [6.45, 7) is 15.6. The number of benzene rings is 7. The topological polar surface area (TPSA) is 62.4 Å². The van der Waals surface area contributed by atoms with Gasteiger partial charge in [-0.25, -0.2) is 0 Å². The van der Waals surface area contributed by atoms with E-state index in [4.69, 9.17) is 0 Å². The van der Waals surface area contributed by atoms with E-state index in [1.54, 1.807) is 0 Å². The van der Waals surface area contributed by atoms with Gasteiger partial charge >= 0.3 is 0 Å². The molecule has 10 aromatic rings. The fraction of sp³-hybridized carbons (Fsp3) is 0.179. The van der Waals surface area contributed by atoms with Crippen LogP contribution in [0.4, 0.5) is 0 Å². The van der Waals surface area contributed by atoms with Gasteiger partial charge in [-0.1, -0.05) is 126 Å². The van der Waals surface area contributed by atoms with Crippen LogP contribution in [0.15, 0.2) is 157 Å². The number of aromatic nitrogens is 3. The highest BCUT2D eigenvalue weighted by Crippen LogP contribution is 2.41. The molecule has 3 heterocycles. The lowest BCUT2D eigenvalue weighted by molar-refractivity contribution is 0.590. The van der Waals surface area contributed by atoms with E-state index in [0.29, 0.717) is 16.8 Å². The van der Waals surface area contributed by atoms with Crippen LogP contribution >= 0.6 is 0 Å². The smallest absolute Gasteiger partial charge is 0.102 e. The van der Waals surface area contributed by atoms with Crippen molar-refractivity contribution in [1.82, 2.24) is 13.7 Å². The molecule has 0 amide bonds. The molecule has 296 valence electrons. The van der Waals surface area contributed by atoms with Crippen LogP contribution < -0.4 is 0 Å². The van der Waals surface area contributed by atoms with Crippen LogP contribution in [-0.2, 0) is 17.4 Å². The van der Waals surface area contributed by atoms with Crippen LogP contribution in [0.25, 0.3) is 87.6 Å². The molecular weight excluding hydrogens is 743 g/mol. The van der Waals surface area contributed by atoms with Gasteiger partial charge in [0.1, 0.15) is 6.07 Å². The van der Waals surface area contributed by atoms with E-state index in [1.807, 2.05) is 13.0 Å². The van der Waals surface area contributed by atoms with E-state index in [9.17, 15) is 10.5 Å². The van der Waals surface area contributed by atoms with Crippen LogP contribution in [0.3, 0.4) is 0 Å². The SMILES string of the molecule is C/C=C(\C(C#N)=C(\C#N)Cn1c2ccc(-n3c4ccccc4c4ccccc43)cc2c2c3ccccc3ccc21)n1c2ccc(C(C)(C)C)cc2c2cc(C(C)(C)C)ccc21. The van der Waals surface area contributed by atoms with Crippen LogP contribution in [0.2, 0.25) is 0 Å². The zero-order valence-corrected chi connectivity index (χ0v) is 35.8. The summed E-state index contributed by atoms with van der Waals surface area (Å²) >= 11 is 0. The summed E-state index contributed by atoms with van der Waals surface area (Å²) in [5, 5.41) is 31.5. The standard InChI is InChI=1S/C56H47N5/c1-8-47(61-51-26-22-37(55(2,3)4)29-43(51)44-30-38(56(5,6)7)23-27-52(44)61)46(33-58)36(32-57)34-59-48-28-24-39(31-45(48)54-40-16-10-9-15-35(40)21-25-53(54)59)60-49-19-13-11-17-41(49)42-18-12-14-20-50(42)60/h8-31H,34H2,1-7H3/b46-36-,47-8+. The molecule has 0 N–H and O–H groups in total. The Hall–Kier alpha value is -7.34. The third-order valence-corrected chi connectivity index (χ3v) is 12.7. The van der Waals surface area contributed by atoms with Crippen molar-refractivity contribution >= 4 is 81.9 Å². The van der Waals surface area contributed by atoms with E-state index in [1.165, 1.54) is 21.9 Å². The molecule has 3 aromatic heterocycles. The summed E-state index contributed by atoms with van der Waals surface area (Å²) in [5.74, 6) is 0. The quantitative estimate of drug-likeness (QED) is 0.129. The summed E-state index contributed by atoms with van der Waals surface area (Å²) in [6.07, 6.45) is 1.99. The number of nitriles is 2. The van der Waals surface area contributed by atoms with E-state index in [2.05, 4.69) is 207 Å². The Bertz CT molecular complexity index is 3480. The number of rotatable bonds is 5. The minimum absolute atomic E-state index is 0.0444. The monoisotopic (exact) mass is 789 g/mol. The Morgan fingerprint density at radius 1 is 0.525 bits per heavy atom. The molecule has 0 aliphatic rings. The molecule has 0 fully saturated rings. The first-order chi connectivity index (χ1) is 29.4. The third-order valence-electron chi connectivity index (χ3n) is 12.7. The average Bonchev–Trinajstić information content (AvgIpc) is 3.89. The molecule has 0 spiro atoms. The molecule has 0 saturated carbocycles. The highest BCUT2D eigenvalue weighted by molar-refractivity contribution is 6.21. The van der Waals surface area contributed by atoms with Crippen molar-refractivity contribution in [3.63, 3.8) is 0 Å². The summed E-state index contributed by atoms with van der Waals surface area (Å²) in [6, 6.07) is 55.2. The zero-order chi connectivity index (χ0) is 42.4. The molecule has 10 rings (SSSR count). The second-order valence-corrected chi connectivity index (χ2v) is 18.4. The van der Waals surface area contributed by atoms with Crippen molar-refractivity contribution < 1.29 is 0 Å². The number of fused-ring (bicyclic) bond motifs is 11. The van der Waals surface area contributed by atoms with Gasteiger partial charge in [-0.2, -0.15) is 10.5 Å². The maximum absolute atomic E-state index is 11.2. The molecule has 0 unspecified atom stereocenters. The van der Waals surface area contributed by atoms with Crippen LogP contribution in [0.1, 0.15) is 59.6 Å². The van der Waals surface area contributed by atoms with Gasteiger partial charge in [0.2, 0.25) is 0 Å². The molecule has 0 saturated heterocycles. The van der Waals surface area contributed by atoms with Crippen LogP contribution in [0.5, 0.6) is 0 Å². The Morgan fingerprint density at radius 2 is 1.07 bits per heavy atom. The minimum Gasteiger partial charge on any atom is -0.335 e. The fourth-order valence-corrected chi connectivity index (χ4v) is 9.58. The third kappa shape index (κ3) is 5.88. The Labute approximate surface area is 356 Å². The van der Waals surface area contributed by atoms with Crippen molar-refractivity contribution in [3.8, 4) is 17.8 Å². The average molecular weight is 790 g/mol. The normalized spacial score (nSPS) is 13.2. The molecule has 0 bridgehead atoms. The maximum Gasteiger partial charge on any atom is 0.102 e. The van der Waals surface area contributed by atoms with Gasteiger partial charge in [-0.3, -0.25) is 0 Å². The van der Waals surface area contributed by atoms with E-state index < -0.39 is 0 Å². The second kappa shape index (κ2) is 13.9. The Balaban J connectivity index is 1.20. The minimum atomic E-state index is -0.0444. The van der Waals surface area contributed by atoms with E-state index >= 15 is 0 Å². The largest absolute Gasteiger partial charge is 0.335 e. The molecule has 61 heavy (non-hydrogen) atoms. The summed E-state index contributed by atoms with van der Waals surface area (Å²) < 4.78 is 6.77. The first-order valence-electron chi connectivity index (χ1n) is 21.1. The predicted molar refractivity (Wildman–Crippen MR) is 256 cm³/mol. The fourth-order valence-electron chi connectivity index (χ4n) is 9.58. The molecule has 0 radical (unpaired) electrons. The number of nitrogens with zero attached hydrogens (tertiary/aromatic N) is 5. The van der Waals surface area contributed by atoms with Crippen molar-refractivity contribution in [3.05, 3.63) is 168 Å². The van der Waals surface area contributed by atoms with Gasteiger partial charge in [0, 0.05) is 43.5 Å². The molecule has 7 aromatic carbocycles. The van der Waals surface area contributed by atoms with Gasteiger partial charge in [-0.15, -0.1) is 0 Å². The first-order valence-corrected chi connectivity index (χ1v) is 21.1. The van der Waals surface area contributed by atoms with Crippen molar-refractivity contribution in [2.75, 3.05) is 0 Å². The van der Waals surface area contributed by atoms with Crippen molar-refractivity contribution in [2.24, 2.45) is 0 Å². The zero-order valence-electron chi connectivity index (χ0n) is 35.8. The molecular formula is C56H47N5. The summed E-state index contributed by atoms with van der Waals surface area (Å²) in [5.41, 5.74) is 11.3. The molecule has 0 aliphatic heterocycles. The van der Waals surface area contributed by atoms with Crippen LogP contribution in [-0.4, -0.2) is 13.7 Å². The highest BCUT2D eigenvalue weighted by Gasteiger charge is 2.25. The lowest BCUT2D eigenvalue weighted by Crippen LogP contribution is -2.10. The van der Waals surface area contributed by atoms with E-state index in [-0.39, 0.29) is 17.4 Å². The maximum atomic E-state index is 11.2. The Kier molecular flexibility index (Phi) is 8.62. The predicted octanol–water partition coefficient (Wildman–Crippen LogP) is 14.7. The molecule has 5 heteroatoms. The summed E-state index contributed by atoms with van der Waals surface area (Å²) in [4.78, 5) is 0. The lowest BCUT2D eigenvalue weighted by atomic mass is 9.85. The second-order valence-electron chi connectivity index (χ2n) is 18.4. The molecule has 5 nitrogen and oxygen atoms in total. The van der Waals surface area contributed by atoms with Gasteiger partial charge in [0.05, 0.1) is 57.0 Å². The Morgan fingerprint density at radius 3 is 1.62 bits per heavy atom. The van der Waals surface area contributed by atoms with Crippen molar-refractivity contribution in [1.29, 1.82) is 10.5 Å².